The maximum absolute atomic E-state index is 12.8. The van der Waals surface area contributed by atoms with E-state index in [1.165, 1.54) is 11.3 Å². The Balaban J connectivity index is 1.39. The lowest BCUT2D eigenvalue weighted by atomic mass is 10.2. The van der Waals surface area contributed by atoms with Gasteiger partial charge in [0.1, 0.15) is 0 Å². The van der Waals surface area contributed by atoms with E-state index in [0.717, 1.165) is 21.6 Å². The highest BCUT2D eigenvalue weighted by molar-refractivity contribution is 7.21. The van der Waals surface area contributed by atoms with Gasteiger partial charge in [-0.1, -0.05) is 24.3 Å². The van der Waals surface area contributed by atoms with E-state index in [-0.39, 0.29) is 17.6 Å². The number of anilines is 2. The smallest absolute Gasteiger partial charge is 0.291 e. The Morgan fingerprint density at radius 3 is 2.72 bits per heavy atom. The van der Waals surface area contributed by atoms with E-state index in [2.05, 4.69) is 10.3 Å². The Hall–Kier alpha value is -3.45. The number of hydrogen-bond donors (Lipinski definition) is 1. The van der Waals surface area contributed by atoms with Crippen LogP contribution in [0.15, 0.2) is 65.1 Å². The van der Waals surface area contributed by atoms with E-state index in [1.54, 1.807) is 23.1 Å². The minimum absolute atomic E-state index is 0.0721. The first-order chi connectivity index (χ1) is 14.2. The van der Waals surface area contributed by atoms with E-state index in [9.17, 15) is 9.59 Å². The zero-order chi connectivity index (χ0) is 19.8. The first-order valence-electron chi connectivity index (χ1n) is 9.35. The van der Waals surface area contributed by atoms with Crippen LogP contribution in [0.1, 0.15) is 23.4 Å². The molecular formula is C22H17N3O3S. The lowest BCUT2D eigenvalue weighted by Gasteiger charge is -2.19. The Morgan fingerprint density at radius 2 is 1.90 bits per heavy atom. The third-order valence-electron chi connectivity index (χ3n) is 4.85. The summed E-state index contributed by atoms with van der Waals surface area (Å²) in [5, 5.41) is 3.60. The van der Waals surface area contributed by atoms with Crippen LogP contribution in [0.3, 0.4) is 0 Å². The summed E-state index contributed by atoms with van der Waals surface area (Å²) < 4.78 is 6.84. The number of nitrogens with zero attached hydrogens (tertiary/aromatic N) is 2. The highest BCUT2D eigenvalue weighted by Crippen LogP contribution is 2.32. The molecule has 3 heterocycles. The number of benzene rings is 2. The van der Waals surface area contributed by atoms with Crippen molar-refractivity contribution in [3.63, 3.8) is 0 Å². The van der Waals surface area contributed by atoms with Gasteiger partial charge in [0.05, 0.1) is 21.6 Å². The Bertz CT molecular complexity index is 1190. The molecule has 0 bridgehead atoms. The summed E-state index contributed by atoms with van der Waals surface area (Å²) in [6, 6.07) is 18.6. The molecule has 0 saturated carbocycles. The third kappa shape index (κ3) is 3.30. The zero-order valence-corrected chi connectivity index (χ0v) is 16.2. The molecule has 2 amide bonds. The van der Waals surface area contributed by atoms with Crippen LogP contribution in [0.5, 0.6) is 0 Å². The van der Waals surface area contributed by atoms with Gasteiger partial charge in [-0.15, -0.1) is 11.3 Å². The Labute approximate surface area is 170 Å². The van der Waals surface area contributed by atoms with Crippen LogP contribution in [-0.4, -0.2) is 23.3 Å². The fourth-order valence-electron chi connectivity index (χ4n) is 3.45. The number of nitrogens with one attached hydrogen (secondary N) is 1. The number of furan rings is 1. The third-order valence-corrected chi connectivity index (χ3v) is 5.90. The van der Waals surface area contributed by atoms with Gasteiger partial charge >= 0.3 is 0 Å². The van der Waals surface area contributed by atoms with E-state index in [0.29, 0.717) is 30.1 Å². The first kappa shape index (κ1) is 17.6. The van der Waals surface area contributed by atoms with Gasteiger partial charge in [0.25, 0.3) is 5.91 Å². The number of carbonyl (C=O) groups excluding carboxylic acids is 2. The summed E-state index contributed by atoms with van der Waals surface area (Å²) >= 11 is 1.52. The number of fused-ring (bicyclic) bond motifs is 1. The van der Waals surface area contributed by atoms with Crippen LogP contribution < -0.4 is 10.2 Å². The van der Waals surface area contributed by atoms with E-state index in [4.69, 9.17) is 4.42 Å². The van der Waals surface area contributed by atoms with Crippen molar-refractivity contribution in [3.05, 3.63) is 66.4 Å². The Kier molecular flexibility index (Phi) is 4.37. The molecule has 0 aliphatic carbocycles. The number of amides is 2. The second-order valence-electron chi connectivity index (χ2n) is 6.77. The average molecular weight is 403 g/mol. The van der Waals surface area contributed by atoms with Gasteiger partial charge in [0, 0.05) is 13.0 Å². The lowest BCUT2D eigenvalue weighted by molar-refractivity contribution is -0.117. The first-order valence-corrected chi connectivity index (χ1v) is 10.2. The number of aromatic nitrogens is 1. The summed E-state index contributed by atoms with van der Waals surface area (Å²) in [7, 11) is 0. The maximum Gasteiger partial charge on any atom is 0.291 e. The molecule has 1 aliphatic rings. The second kappa shape index (κ2) is 7.18. The quantitative estimate of drug-likeness (QED) is 0.524. The number of rotatable bonds is 4. The summed E-state index contributed by atoms with van der Waals surface area (Å²) in [4.78, 5) is 31.1. The van der Waals surface area contributed by atoms with Gasteiger partial charge in [-0.3, -0.25) is 9.59 Å². The van der Waals surface area contributed by atoms with Crippen LogP contribution in [-0.2, 0) is 4.79 Å². The molecule has 2 aromatic carbocycles. The molecular weight excluding hydrogens is 386 g/mol. The minimum atomic E-state index is -0.364. The fraction of sp³-hybridized carbons (Fsp3) is 0.136. The normalized spacial score (nSPS) is 13.9. The summed E-state index contributed by atoms with van der Waals surface area (Å²) in [5.74, 6) is 0.459. The fourth-order valence-corrected chi connectivity index (χ4v) is 4.38. The molecule has 2 aromatic heterocycles. The van der Waals surface area contributed by atoms with Gasteiger partial charge in [-0.05, 0) is 42.8 Å². The summed E-state index contributed by atoms with van der Waals surface area (Å²) in [6.07, 6.45) is 1.36. The van der Waals surface area contributed by atoms with Crippen molar-refractivity contribution in [2.75, 3.05) is 16.8 Å². The van der Waals surface area contributed by atoms with Gasteiger partial charge < -0.3 is 14.6 Å². The standard InChI is InChI=1S/C22H17N3O3S/c26-20-10-5-13-25(20)16-8-3-1-6-14(16)23-21(27)17-11-12-18(28-17)22-24-15-7-2-4-9-19(15)29-22/h1-4,6-9,11-12H,5,10,13H2,(H,23,27). The highest BCUT2D eigenvalue weighted by atomic mass is 32.1. The van der Waals surface area contributed by atoms with Crippen molar-refractivity contribution >= 4 is 44.7 Å². The topological polar surface area (TPSA) is 75.4 Å². The summed E-state index contributed by atoms with van der Waals surface area (Å²) in [5.41, 5.74) is 2.20. The highest BCUT2D eigenvalue weighted by Gasteiger charge is 2.24. The predicted octanol–water partition coefficient (Wildman–Crippen LogP) is 4.94. The molecule has 1 fully saturated rings. The number of hydrogen-bond acceptors (Lipinski definition) is 5. The van der Waals surface area contributed by atoms with Crippen molar-refractivity contribution in [3.8, 4) is 10.8 Å². The van der Waals surface area contributed by atoms with Crippen molar-refractivity contribution < 1.29 is 14.0 Å². The van der Waals surface area contributed by atoms with E-state index < -0.39 is 0 Å². The monoisotopic (exact) mass is 403 g/mol. The summed E-state index contributed by atoms with van der Waals surface area (Å²) in [6.45, 7) is 0.661. The molecule has 5 rings (SSSR count). The van der Waals surface area contributed by atoms with Crippen molar-refractivity contribution in [2.24, 2.45) is 0 Å². The molecule has 0 unspecified atom stereocenters. The van der Waals surface area contributed by atoms with Crippen LogP contribution in [0.25, 0.3) is 21.0 Å². The molecule has 0 atom stereocenters. The number of carbonyl (C=O) groups is 2. The van der Waals surface area contributed by atoms with Crippen molar-refractivity contribution in [1.29, 1.82) is 0 Å². The molecule has 1 saturated heterocycles. The molecule has 0 spiro atoms. The molecule has 4 aromatic rings. The molecule has 6 nitrogen and oxygen atoms in total. The van der Waals surface area contributed by atoms with Crippen LogP contribution in [0, 0.1) is 0 Å². The van der Waals surface area contributed by atoms with Gasteiger partial charge in [-0.2, -0.15) is 0 Å². The maximum atomic E-state index is 12.8. The second-order valence-corrected chi connectivity index (χ2v) is 7.80. The molecule has 29 heavy (non-hydrogen) atoms. The van der Waals surface area contributed by atoms with Gasteiger partial charge in [0.15, 0.2) is 16.5 Å². The number of thiazole rings is 1. The average Bonchev–Trinajstić information content (AvgIpc) is 3.47. The molecule has 1 N–H and O–H groups in total. The van der Waals surface area contributed by atoms with Crippen LogP contribution in [0.2, 0.25) is 0 Å². The molecule has 7 heteroatoms. The minimum Gasteiger partial charge on any atom is -0.448 e. The SMILES string of the molecule is O=C(Nc1ccccc1N1CCCC1=O)c1ccc(-c2nc3ccccc3s2)o1. The lowest BCUT2D eigenvalue weighted by Crippen LogP contribution is -2.25. The molecule has 1 aliphatic heterocycles. The van der Waals surface area contributed by atoms with Crippen LogP contribution >= 0.6 is 11.3 Å². The predicted molar refractivity (Wildman–Crippen MR) is 113 cm³/mol. The zero-order valence-electron chi connectivity index (χ0n) is 15.4. The molecule has 0 radical (unpaired) electrons. The van der Waals surface area contributed by atoms with Gasteiger partial charge in [-0.25, -0.2) is 4.98 Å². The van der Waals surface area contributed by atoms with Crippen LogP contribution in [0.4, 0.5) is 11.4 Å². The number of para-hydroxylation sites is 3. The largest absolute Gasteiger partial charge is 0.448 e. The van der Waals surface area contributed by atoms with Crippen molar-refractivity contribution in [2.45, 2.75) is 12.8 Å². The van der Waals surface area contributed by atoms with E-state index >= 15 is 0 Å². The van der Waals surface area contributed by atoms with E-state index in [1.807, 2.05) is 42.5 Å². The molecule has 144 valence electrons. The van der Waals surface area contributed by atoms with Gasteiger partial charge in [0.2, 0.25) is 5.91 Å². The Morgan fingerprint density at radius 1 is 1.07 bits per heavy atom. The van der Waals surface area contributed by atoms with Crippen molar-refractivity contribution in [1.82, 2.24) is 4.98 Å².